The Labute approximate surface area is 108 Å². The Morgan fingerprint density at radius 1 is 1.44 bits per heavy atom. The standard InChI is InChI=1S/C13H23N3O2/c1-2-13(6-4-7-15-13)12(18)16-8-3-5-10(9-16)11(14)17/h10,15H,2-9H2,1H3,(H2,14,17). The van der Waals surface area contributed by atoms with Gasteiger partial charge in [-0.25, -0.2) is 0 Å². The number of nitrogens with one attached hydrogen (secondary N) is 1. The Bertz CT molecular complexity index is 337. The van der Waals surface area contributed by atoms with E-state index in [1.165, 1.54) is 0 Å². The van der Waals surface area contributed by atoms with E-state index in [0.29, 0.717) is 6.54 Å². The molecule has 2 heterocycles. The number of hydrogen-bond acceptors (Lipinski definition) is 3. The molecule has 3 N–H and O–H groups in total. The lowest BCUT2D eigenvalue weighted by Crippen LogP contribution is -2.57. The van der Waals surface area contributed by atoms with E-state index < -0.39 is 0 Å². The van der Waals surface area contributed by atoms with Crippen molar-refractivity contribution in [3.63, 3.8) is 0 Å². The van der Waals surface area contributed by atoms with Crippen molar-refractivity contribution in [3.05, 3.63) is 0 Å². The minimum Gasteiger partial charge on any atom is -0.369 e. The van der Waals surface area contributed by atoms with Crippen LogP contribution in [0, 0.1) is 5.92 Å². The molecule has 2 unspecified atom stereocenters. The molecule has 5 nitrogen and oxygen atoms in total. The van der Waals surface area contributed by atoms with Gasteiger partial charge in [-0.3, -0.25) is 9.59 Å². The van der Waals surface area contributed by atoms with Gasteiger partial charge in [-0.15, -0.1) is 0 Å². The first kappa shape index (κ1) is 13.3. The van der Waals surface area contributed by atoms with E-state index in [0.717, 1.165) is 45.2 Å². The molecule has 18 heavy (non-hydrogen) atoms. The molecule has 2 aliphatic rings. The average Bonchev–Trinajstić information content (AvgIpc) is 2.88. The summed E-state index contributed by atoms with van der Waals surface area (Å²) in [6.45, 7) is 4.21. The smallest absolute Gasteiger partial charge is 0.242 e. The summed E-state index contributed by atoms with van der Waals surface area (Å²) in [4.78, 5) is 25.7. The molecule has 0 aromatic rings. The van der Waals surface area contributed by atoms with Crippen LogP contribution in [0.25, 0.3) is 0 Å². The van der Waals surface area contributed by atoms with Gasteiger partial charge in [0.25, 0.3) is 0 Å². The number of amides is 2. The van der Waals surface area contributed by atoms with Gasteiger partial charge in [0, 0.05) is 13.1 Å². The van der Waals surface area contributed by atoms with Gasteiger partial charge in [0.1, 0.15) is 0 Å². The van der Waals surface area contributed by atoms with Gasteiger partial charge in [-0.2, -0.15) is 0 Å². The topological polar surface area (TPSA) is 75.4 Å². The van der Waals surface area contributed by atoms with E-state index in [-0.39, 0.29) is 23.3 Å². The lowest BCUT2D eigenvalue weighted by Gasteiger charge is -2.38. The number of hydrogen-bond donors (Lipinski definition) is 2. The van der Waals surface area contributed by atoms with Crippen LogP contribution in [0.2, 0.25) is 0 Å². The summed E-state index contributed by atoms with van der Waals surface area (Å²) in [5, 5.41) is 3.35. The third-order valence-electron chi connectivity index (χ3n) is 4.37. The summed E-state index contributed by atoms with van der Waals surface area (Å²) in [6, 6.07) is 0. The van der Waals surface area contributed by atoms with Crippen LogP contribution in [0.4, 0.5) is 0 Å². The van der Waals surface area contributed by atoms with Crippen LogP contribution in [-0.4, -0.2) is 41.9 Å². The molecule has 0 aromatic carbocycles. The van der Waals surface area contributed by atoms with Gasteiger partial charge in [0.2, 0.25) is 11.8 Å². The molecule has 0 radical (unpaired) electrons. The van der Waals surface area contributed by atoms with Crippen LogP contribution in [0.5, 0.6) is 0 Å². The van der Waals surface area contributed by atoms with Crippen molar-refractivity contribution in [1.29, 1.82) is 0 Å². The molecular formula is C13H23N3O2. The highest BCUT2D eigenvalue weighted by atomic mass is 16.2. The Morgan fingerprint density at radius 2 is 2.22 bits per heavy atom. The second-order valence-corrected chi connectivity index (χ2v) is 5.46. The Balaban J connectivity index is 2.06. The minimum absolute atomic E-state index is 0.161. The predicted octanol–water partition coefficient (Wildman–Crippen LogP) is 0.243. The third-order valence-corrected chi connectivity index (χ3v) is 4.37. The fourth-order valence-electron chi connectivity index (χ4n) is 3.14. The van der Waals surface area contributed by atoms with E-state index in [9.17, 15) is 9.59 Å². The van der Waals surface area contributed by atoms with Crippen molar-refractivity contribution in [2.75, 3.05) is 19.6 Å². The van der Waals surface area contributed by atoms with Crippen LogP contribution in [0.3, 0.4) is 0 Å². The molecule has 2 rings (SSSR count). The zero-order chi connectivity index (χ0) is 13.2. The number of carbonyl (C=O) groups excluding carboxylic acids is 2. The van der Waals surface area contributed by atoms with Crippen molar-refractivity contribution in [1.82, 2.24) is 10.2 Å². The number of carbonyl (C=O) groups is 2. The van der Waals surface area contributed by atoms with Gasteiger partial charge in [0.05, 0.1) is 11.5 Å². The van der Waals surface area contributed by atoms with Crippen molar-refractivity contribution in [3.8, 4) is 0 Å². The SMILES string of the molecule is CCC1(C(=O)N2CCCC(C(N)=O)C2)CCCN1. The summed E-state index contributed by atoms with van der Waals surface area (Å²) in [5.41, 5.74) is 4.97. The van der Waals surface area contributed by atoms with Gasteiger partial charge in [0.15, 0.2) is 0 Å². The summed E-state index contributed by atoms with van der Waals surface area (Å²) in [5.74, 6) is -0.288. The van der Waals surface area contributed by atoms with Crippen LogP contribution >= 0.6 is 0 Å². The molecular weight excluding hydrogens is 230 g/mol. The molecule has 2 aliphatic heterocycles. The first-order valence-corrected chi connectivity index (χ1v) is 6.93. The fourth-order valence-corrected chi connectivity index (χ4v) is 3.14. The minimum atomic E-state index is -0.389. The maximum Gasteiger partial charge on any atom is 0.242 e. The highest BCUT2D eigenvalue weighted by Gasteiger charge is 2.43. The van der Waals surface area contributed by atoms with Crippen LogP contribution < -0.4 is 11.1 Å². The number of rotatable bonds is 3. The molecule has 0 spiro atoms. The quantitative estimate of drug-likeness (QED) is 0.756. The number of primary amides is 1. The molecule has 2 saturated heterocycles. The number of nitrogens with two attached hydrogens (primary N) is 1. The molecule has 0 bridgehead atoms. The second kappa shape index (κ2) is 5.26. The van der Waals surface area contributed by atoms with Crippen molar-refractivity contribution in [2.45, 2.75) is 44.6 Å². The monoisotopic (exact) mass is 253 g/mol. The summed E-state index contributed by atoms with van der Waals surface area (Å²) in [6.07, 6.45) is 4.45. The third kappa shape index (κ3) is 2.36. The molecule has 2 atom stereocenters. The summed E-state index contributed by atoms with van der Waals surface area (Å²) in [7, 11) is 0. The van der Waals surface area contributed by atoms with Gasteiger partial charge < -0.3 is 16.0 Å². The van der Waals surface area contributed by atoms with E-state index in [1.807, 2.05) is 11.8 Å². The first-order valence-electron chi connectivity index (χ1n) is 6.93. The maximum atomic E-state index is 12.6. The molecule has 5 heteroatoms. The Hall–Kier alpha value is -1.10. The summed E-state index contributed by atoms with van der Waals surface area (Å²) >= 11 is 0. The lowest BCUT2D eigenvalue weighted by molar-refractivity contribution is -0.141. The number of nitrogens with zero attached hydrogens (tertiary/aromatic N) is 1. The van der Waals surface area contributed by atoms with Gasteiger partial charge >= 0.3 is 0 Å². The molecule has 2 amide bonds. The zero-order valence-corrected chi connectivity index (χ0v) is 11.1. The van der Waals surface area contributed by atoms with Crippen molar-refractivity contribution >= 4 is 11.8 Å². The van der Waals surface area contributed by atoms with Crippen LogP contribution in [0.15, 0.2) is 0 Å². The molecule has 0 aromatic heterocycles. The molecule has 2 fully saturated rings. The maximum absolute atomic E-state index is 12.6. The van der Waals surface area contributed by atoms with E-state index >= 15 is 0 Å². The van der Waals surface area contributed by atoms with Gasteiger partial charge in [-0.05, 0) is 38.6 Å². The van der Waals surface area contributed by atoms with Crippen LogP contribution in [0.1, 0.15) is 39.0 Å². The van der Waals surface area contributed by atoms with Crippen molar-refractivity contribution in [2.24, 2.45) is 11.7 Å². The largest absolute Gasteiger partial charge is 0.369 e. The first-order chi connectivity index (χ1) is 8.59. The average molecular weight is 253 g/mol. The normalized spacial score (nSPS) is 32.5. The van der Waals surface area contributed by atoms with Gasteiger partial charge in [-0.1, -0.05) is 6.92 Å². The fraction of sp³-hybridized carbons (Fsp3) is 0.846. The lowest BCUT2D eigenvalue weighted by atomic mass is 9.89. The van der Waals surface area contributed by atoms with E-state index in [1.54, 1.807) is 0 Å². The molecule has 0 aliphatic carbocycles. The van der Waals surface area contributed by atoms with Crippen molar-refractivity contribution < 1.29 is 9.59 Å². The predicted molar refractivity (Wildman–Crippen MR) is 68.8 cm³/mol. The highest BCUT2D eigenvalue weighted by molar-refractivity contribution is 5.87. The van der Waals surface area contributed by atoms with E-state index in [2.05, 4.69) is 5.32 Å². The zero-order valence-electron chi connectivity index (χ0n) is 11.1. The number of likely N-dealkylation sites (tertiary alicyclic amines) is 1. The summed E-state index contributed by atoms with van der Waals surface area (Å²) < 4.78 is 0. The molecule has 102 valence electrons. The van der Waals surface area contributed by atoms with Crippen LogP contribution in [-0.2, 0) is 9.59 Å². The second-order valence-electron chi connectivity index (χ2n) is 5.46. The number of piperidine rings is 1. The Kier molecular flexibility index (Phi) is 3.90. The Morgan fingerprint density at radius 3 is 2.78 bits per heavy atom. The molecule has 0 saturated carbocycles. The van der Waals surface area contributed by atoms with E-state index in [4.69, 9.17) is 5.73 Å². The highest BCUT2D eigenvalue weighted by Crippen LogP contribution is 2.27.